The molecule has 2 aromatic heterocycles. The summed E-state index contributed by atoms with van der Waals surface area (Å²) >= 11 is 0. The molecule has 0 unspecified atom stereocenters. The van der Waals surface area contributed by atoms with Crippen LogP contribution in [0.4, 0.5) is 8.78 Å². The molecule has 2 fully saturated rings. The third kappa shape index (κ3) is 6.47. The first kappa shape index (κ1) is 33.0. The molecule has 0 spiro atoms. The van der Waals surface area contributed by atoms with Gasteiger partial charge in [-0.3, -0.25) is 14.6 Å². The van der Waals surface area contributed by atoms with E-state index in [1.807, 2.05) is 43.3 Å². The molecule has 51 heavy (non-hydrogen) atoms. The van der Waals surface area contributed by atoms with Crippen molar-refractivity contribution in [2.45, 2.75) is 65.3 Å². The van der Waals surface area contributed by atoms with Gasteiger partial charge in [0.2, 0.25) is 11.8 Å². The zero-order valence-electron chi connectivity index (χ0n) is 28.5. The lowest BCUT2D eigenvalue weighted by Crippen LogP contribution is -2.35. The number of carboxylic acid groups (broad SMARTS) is 1. The molecule has 1 N–H and O–H groups in total. The van der Waals surface area contributed by atoms with Gasteiger partial charge < -0.3 is 18.7 Å². The number of oxazole rings is 2. The van der Waals surface area contributed by atoms with Gasteiger partial charge in [0.25, 0.3) is 0 Å². The van der Waals surface area contributed by atoms with E-state index in [-0.39, 0.29) is 12.3 Å². The summed E-state index contributed by atoms with van der Waals surface area (Å²) in [6.45, 7) is 4.88. The summed E-state index contributed by atoms with van der Waals surface area (Å²) in [4.78, 5) is 25.7. The molecule has 8 rings (SSSR count). The number of fused-ring (bicyclic) bond motifs is 2. The Labute approximate surface area is 293 Å². The van der Waals surface area contributed by atoms with Gasteiger partial charge in [0.1, 0.15) is 22.8 Å². The van der Waals surface area contributed by atoms with Gasteiger partial charge in [0, 0.05) is 35.8 Å². The summed E-state index contributed by atoms with van der Waals surface area (Å²) in [5.41, 5.74) is 9.60. The smallest absolute Gasteiger partial charge is 0.387 e. The molecule has 4 heterocycles. The minimum atomic E-state index is -3.05. The molecular formula is C40H38F2N4O5. The minimum absolute atomic E-state index is 0.0591. The normalized spacial score (nSPS) is 17.0. The molecule has 0 radical (unpaired) electrons. The van der Waals surface area contributed by atoms with E-state index < -0.39 is 18.6 Å². The fraction of sp³-hybridized carbons (Fsp3) is 0.325. The van der Waals surface area contributed by atoms with E-state index in [9.17, 15) is 18.7 Å². The van der Waals surface area contributed by atoms with Gasteiger partial charge in [-0.05, 0) is 117 Å². The number of aromatic nitrogens is 2. The van der Waals surface area contributed by atoms with Crippen molar-refractivity contribution in [3.8, 4) is 39.8 Å². The molecule has 0 aliphatic carbocycles. The van der Waals surface area contributed by atoms with Crippen molar-refractivity contribution in [1.82, 2.24) is 19.8 Å². The minimum Gasteiger partial charge on any atom is -0.480 e. The number of ether oxygens (including phenoxy) is 1. The molecule has 262 valence electrons. The monoisotopic (exact) mass is 692 g/mol. The van der Waals surface area contributed by atoms with E-state index in [0.717, 1.165) is 64.1 Å². The number of hydrogen-bond donors (Lipinski definition) is 1. The summed E-state index contributed by atoms with van der Waals surface area (Å²) < 4.78 is 44.3. The SMILES string of the molecule is Cc1c(-c2nc3cc(CN4CCCC4)ccc3o2)cccc1-c1cccc(-c2nc3cc(CN4CCC[C@H]4C(=O)O)c(OC(F)F)cc3o2)c1C. The lowest BCUT2D eigenvalue weighted by atomic mass is 9.91. The van der Waals surface area contributed by atoms with E-state index in [1.165, 1.54) is 24.5 Å². The van der Waals surface area contributed by atoms with Crippen LogP contribution in [0.3, 0.4) is 0 Å². The highest BCUT2D eigenvalue weighted by Crippen LogP contribution is 2.39. The van der Waals surface area contributed by atoms with Gasteiger partial charge in [0.15, 0.2) is 11.2 Å². The van der Waals surface area contributed by atoms with Crippen molar-refractivity contribution in [3.63, 3.8) is 0 Å². The van der Waals surface area contributed by atoms with Crippen LogP contribution in [0.15, 0.2) is 75.6 Å². The second kappa shape index (κ2) is 13.5. The van der Waals surface area contributed by atoms with Crippen molar-refractivity contribution in [2.24, 2.45) is 0 Å². The fourth-order valence-corrected chi connectivity index (χ4v) is 7.66. The number of carbonyl (C=O) groups is 1. The molecule has 1 atom stereocenters. The first-order valence-corrected chi connectivity index (χ1v) is 17.4. The van der Waals surface area contributed by atoms with Crippen LogP contribution in [0.2, 0.25) is 0 Å². The number of rotatable bonds is 10. The Kier molecular flexibility index (Phi) is 8.77. The topological polar surface area (TPSA) is 105 Å². The van der Waals surface area contributed by atoms with Gasteiger partial charge in [-0.2, -0.15) is 8.78 Å². The highest BCUT2D eigenvalue weighted by Gasteiger charge is 2.31. The van der Waals surface area contributed by atoms with Crippen molar-refractivity contribution in [2.75, 3.05) is 19.6 Å². The molecule has 2 aliphatic heterocycles. The van der Waals surface area contributed by atoms with Crippen LogP contribution in [0, 0.1) is 13.8 Å². The second-order valence-electron chi connectivity index (χ2n) is 13.6. The number of benzene rings is 4. The van der Waals surface area contributed by atoms with Crippen molar-refractivity contribution in [1.29, 1.82) is 0 Å². The lowest BCUT2D eigenvalue weighted by molar-refractivity contribution is -0.142. The number of likely N-dealkylation sites (tertiary alicyclic amines) is 2. The maximum absolute atomic E-state index is 13.5. The maximum atomic E-state index is 13.5. The molecule has 2 aliphatic rings. The van der Waals surface area contributed by atoms with E-state index in [2.05, 4.69) is 30.0 Å². The van der Waals surface area contributed by atoms with E-state index >= 15 is 0 Å². The van der Waals surface area contributed by atoms with Gasteiger partial charge in [-0.25, -0.2) is 9.97 Å². The molecule has 2 saturated heterocycles. The first-order valence-electron chi connectivity index (χ1n) is 17.4. The lowest BCUT2D eigenvalue weighted by Gasteiger charge is -2.22. The number of carboxylic acids is 1. The molecule has 6 aromatic rings. The van der Waals surface area contributed by atoms with Crippen molar-refractivity contribution in [3.05, 3.63) is 89.0 Å². The standard InChI is InChI=1S/C40H38F2N4O5/c1-23-27(8-5-10-29(23)37-43-31-18-25(13-14-34(31)49-37)21-45-15-3-4-16-45)28-9-6-11-30(24(28)2)38-44-32-19-26(22-46-17-7-12-33(46)39(47)48)35(51-40(41)42)20-36(32)50-38/h5-6,8-11,13-14,18-20,33,40H,3-4,7,12,15-17,21-22H2,1-2H3,(H,47,48)/t33-/m0/s1. The Hall–Kier alpha value is -5.13. The summed E-state index contributed by atoms with van der Waals surface area (Å²) in [5, 5.41) is 9.65. The van der Waals surface area contributed by atoms with E-state index in [0.29, 0.717) is 47.8 Å². The molecule has 0 saturated carbocycles. The number of alkyl halides is 2. The number of halogens is 2. The zero-order chi connectivity index (χ0) is 35.2. The number of aliphatic carboxylic acids is 1. The van der Waals surface area contributed by atoms with Crippen LogP contribution >= 0.6 is 0 Å². The second-order valence-corrected chi connectivity index (χ2v) is 13.6. The van der Waals surface area contributed by atoms with Gasteiger partial charge in [0.05, 0.1) is 0 Å². The predicted octanol–water partition coefficient (Wildman–Crippen LogP) is 8.83. The molecule has 0 bridgehead atoms. The molecule has 4 aromatic carbocycles. The Balaban J connectivity index is 1.12. The highest BCUT2D eigenvalue weighted by molar-refractivity contribution is 5.85. The largest absolute Gasteiger partial charge is 0.480 e. The predicted molar refractivity (Wildman–Crippen MR) is 190 cm³/mol. The third-order valence-corrected chi connectivity index (χ3v) is 10.3. The fourth-order valence-electron chi connectivity index (χ4n) is 7.66. The Morgan fingerprint density at radius 2 is 1.45 bits per heavy atom. The molecule has 0 amide bonds. The van der Waals surface area contributed by atoms with Crippen LogP contribution < -0.4 is 4.74 Å². The average Bonchev–Trinajstić information content (AvgIpc) is 3.92. The van der Waals surface area contributed by atoms with Gasteiger partial charge in [-0.1, -0.05) is 30.3 Å². The Morgan fingerprint density at radius 1 is 0.824 bits per heavy atom. The average molecular weight is 693 g/mol. The van der Waals surface area contributed by atoms with Gasteiger partial charge in [-0.15, -0.1) is 0 Å². The van der Waals surface area contributed by atoms with E-state index in [1.54, 1.807) is 11.0 Å². The summed E-state index contributed by atoms with van der Waals surface area (Å²) in [7, 11) is 0. The molecule has 11 heteroatoms. The highest BCUT2D eigenvalue weighted by atomic mass is 19.3. The van der Waals surface area contributed by atoms with Crippen LogP contribution in [-0.2, 0) is 17.9 Å². The quantitative estimate of drug-likeness (QED) is 0.151. The van der Waals surface area contributed by atoms with Crippen molar-refractivity contribution >= 4 is 28.2 Å². The number of hydrogen-bond acceptors (Lipinski definition) is 8. The van der Waals surface area contributed by atoms with Crippen LogP contribution in [0.1, 0.15) is 47.9 Å². The summed E-state index contributed by atoms with van der Waals surface area (Å²) in [5.74, 6) is -0.0834. The number of nitrogens with zero attached hydrogens (tertiary/aromatic N) is 4. The van der Waals surface area contributed by atoms with E-state index in [4.69, 9.17) is 23.5 Å². The molecular weight excluding hydrogens is 654 g/mol. The maximum Gasteiger partial charge on any atom is 0.387 e. The van der Waals surface area contributed by atoms with Crippen LogP contribution in [0.5, 0.6) is 5.75 Å². The van der Waals surface area contributed by atoms with Gasteiger partial charge >= 0.3 is 12.6 Å². The Morgan fingerprint density at radius 3 is 2.10 bits per heavy atom. The Bertz CT molecular complexity index is 2260. The van der Waals surface area contributed by atoms with Crippen LogP contribution in [-0.4, -0.2) is 63.1 Å². The molecule has 9 nitrogen and oxygen atoms in total. The third-order valence-electron chi connectivity index (χ3n) is 10.3. The summed E-state index contributed by atoms with van der Waals surface area (Å²) in [6, 6.07) is 20.6. The summed E-state index contributed by atoms with van der Waals surface area (Å²) in [6.07, 6.45) is 3.72. The first-order chi connectivity index (χ1) is 24.7. The van der Waals surface area contributed by atoms with Crippen LogP contribution in [0.25, 0.3) is 56.2 Å². The van der Waals surface area contributed by atoms with Crippen molar-refractivity contribution < 1.29 is 32.3 Å². The zero-order valence-corrected chi connectivity index (χ0v) is 28.5.